The molecule has 2 aliphatic rings. The second-order valence-corrected chi connectivity index (χ2v) is 7.54. The van der Waals surface area contributed by atoms with Crippen LogP contribution in [0.4, 0.5) is 0 Å². The van der Waals surface area contributed by atoms with E-state index in [1.165, 1.54) is 0 Å². The van der Waals surface area contributed by atoms with Crippen LogP contribution in [0.3, 0.4) is 0 Å². The van der Waals surface area contributed by atoms with E-state index < -0.39 is 0 Å². The smallest absolute Gasteiger partial charge is 0.227 e. The summed E-state index contributed by atoms with van der Waals surface area (Å²) in [6.07, 6.45) is 6.82. The van der Waals surface area contributed by atoms with E-state index in [0.29, 0.717) is 11.8 Å². The second-order valence-electron chi connectivity index (χ2n) is 7.54. The zero-order valence-corrected chi connectivity index (χ0v) is 15.4. The van der Waals surface area contributed by atoms with Crippen LogP contribution in [-0.4, -0.2) is 56.9 Å². The summed E-state index contributed by atoms with van der Waals surface area (Å²) < 4.78 is 6.87. The fourth-order valence-electron chi connectivity index (χ4n) is 4.27. The highest BCUT2D eigenvalue weighted by molar-refractivity contribution is 5.80. The standard InChI is InChI=1S/C18H26N6O2/c1-12-21-17(22-26-12)6-13-4-3-5-24(10-13)18(25)16-9-19-8-15(16)14-7-20-23(2)11-14/h7,11,13,15-16,19H,3-6,8-10H2,1-2H3/t13?,15-,16+/m1/s1. The maximum atomic E-state index is 13.2. The van der Waals surface area contributed by atoms with E-state index in [9.17, 15) is 4.79 Å². The van der Waals surface area contributed by atoms with Gasteiger partial charge >= 0.3 is 0 Å². The van der Waals surface area contributed by atoms with E-state index in [1.807, 2.05) is 24.3 Å². The molecule has 0 bridgehead atoms. The van der Waals surface area contributed by atoms with Crippen LogP contribution in [0, 0.1) is 18.8 Å². The SMILES string of the molecule is Cc1nc(CC2CCCN(C(=O)[C@H]3CNC[C@@H]3c3cnn(C)c3)C2)no1. The van der Waals surface area contributed by atoms with Crippen molar-refractivity contribution in [1.29, 1.82) is 0 Å². The van der Waals surface area contributed by atoms with Crippen molar-refractivity contribution in [2.24, 2.45) is 18.9 Å². The fraction of sp³-hybridized carbons (Fsp3) is 0.667. The minimum absolute atomic E-state index is 0.00892. The van der Waals surface area contributed by atoms with Gasteiger partial charge in [-0.1, -0.05) is 5.16 Å². The van der Waals surface area contributed by atoms with Gasteiger partial charge in [-0.25, -0.2) is 0 Å². The first-order valence-electron chi connectivity index (χ1n) is 9.37. The van der Waals surface area contributed by atoms with Gasteiger partial charge in [-0.2, -0.15) is 10.1 Å². The molecule has 2 aromatic heterocycles. The highest BCUT2D eigenvalue weighted by Gasteiger charge is 2.38. The number of hydrogen-bond donors (Lipinski definition) is 1. The Bertz CT molecular complexity index is 769. The van der Waals surface area contributed by atoms with Gasteiger partial charge in [0.25, 0.3) is 0 Å². The number of likely N-dealkylation sites (tertiary alicyclic amines) is 1. The molecular weight excluding hydrogens is 332 g/mol. The molecule has 2 aromatic rings. The molecule has 2 fully saturated rings. The summed E-state index contributed by atoms with van der Waals surface area (Å²) in [5, 5.41) is 11.7. The summed E-state index contributed by atoms with van der Waals surface area (Å²) in [7, 11) is 1.91. The Hall–Kier alpha value is -2.22. The van der Waals surface area contributed by atoms with Crippen LogP contribution in [0.5, 0.6) is 0 Å². The van der Waals surface area contributed by atoms with Gasteiger partial charge in [-0.15, -0.1) is 0 Å². The van der Waals surface area contributed by atoms with Crippen molar-refractivity contribution in [2.45, 2.75) is 32.1 Å². The topological polar surface area (TPSA) is 89.1 Å². The van der Waals surface area contributed by atoms with Crippen molar-refractivity contribution in [3.8, 4) is 0 Å². The van der Waals surface area contributed by atoms with Crippen molar-refractivity contribution >= 4 is 5.91 Å². The number of nitrogens with zero attached hydrogens (tertiary/aromatic N) is 5. The van der Waals surface area contributed by atoms with Crippen LogP contribution in [-0.2, 0) is 18.3 Å². The van der Waals surface area contributed by atoms with Crippen LogP contribution in [0.15, 0.2) is 16.9 Å². The maximum Gasteiger partial charge on any atom is 0.227 e. The zero-order valence-electron chi connectivity index (χ0n) is 15.4. The van der Waals surface area contributed by atoms with Crippen molar-refractivity contribution in [3.05, 3.63) is 29.7 Å². The Morgan fingerprint density at radius 2 is 2.31 bits per heavy atom. The minimum Gasteiger partial charge on any atom is -0.342 e. The highest BCUT2D eigenvalue weighted by atomic mass is 16.5. The van der Waals surface area contributed by atoms with Gasteiger partial charge in [-0.05, 0) is 24.3 Å². The molecule has 0 spiro atoms. The van der Waals surface area contributed by atoms with Crippen LogP contribution >= 0.6 is 0 Å². The molecule has 4 heterocycles. The van der Waals surface area contributed by atoms with Crippen LogP contribution in [0.1, 0.15) is 36.0 Å². The predicted octanol–water partition coefficient (Wildman–Crippen LogP) is 0.896. The Kier molecular flexibility index (Phi) is 4.76. The molecule has 8 heteroatoms. The Morgan fingerprint density at radius 1 is 1.42 bits per heavy atom. The first kappa shape index (κ1) is 17.2. The quantitative estimate of drug-likeness (QED) is 0.873. The molecule has 3 atom stereocenters. The molecular formula is C18H26N6O2. The average Bonchev–Trinajstić information content (AvgIpc) is 3.35. The monoisotopic (exact) mass is 358 g/mol. The lowest BCUT2D eigenvalue weighted by Crippen LogP contribution is -2.45. The number of carbonyl (C=O) groups excluding carboxylic acids is 1. The molecule has 8 nitrogen and oxygen atoms in total. The van der Waals surface area contributed by atoms with Crippen LogP contribution in [0.25, 0.3) is 0 Å². The predicted molar refractivity (Wildman–Crippen MR) is 94.4 cm³/mol. The van der Waals surface area contributed by atoms with E-state index in [4.69, 9.17) is 4.52 Å². The molecule has 26 heavy (non-hydrogen) atoms. The van der Waals surface area contributed by atoms with Gasteiger partial charge in [0.2, 0.25) is 11.8 Å². The van der Waals surface area contributed by atoms with Crippen molar-refractivity contribution in [2.75, 3.05) is 26.2 Å². The van der Waals surface area contributed by atoms with Gasteiger partial charge in [0.15, 0.2) is 5.82 Å². The van der Waals surface area contributed by atoms with Crippen LogP contribution in [0.2, 0.25) is 0 Å². The lowest BCUT2D eigenvalue weighted by Gasteiger charge is -2.35. The Balaban J connectivity index is 1.41. The normalized spacial score (nSPS) is 26.4. The van der Waals surface area contributed by atoms with E-state index >= 15 is 0 Å². The number of piperidine rings is 1. The molecule has 0 saturated carbocycles. The summed E-state index contributed by atoms with van der Waals surface area (Å²) >= 11 is 0. The van der Waals surface area contributed by atoms with Gasteiger partial charge in [0, 0.05) is 58.7 Å². The molecule has 0 radical (unpaired) electrons. The number of aryl methyl sites for hydroxylation is 2. The van der Waals surface area contributed by atoms with Crippen LogP contribution < -0.4 is 5.32 Å². The van der Waals surface area contributed by atoms with Gasteiger partial charge < -0.3 is 14.7 Å². The van der Waals surface area contributed by atoms with Gasteiger partial charge in [0.05, 0.1) is 12.1 Å². The van der Waals surface area contributed by atoms with Gasteiger partial charge in [-0.3, -0.25) is 9.48 Å². The molecule has 4 rings (SSSR count). The van der Waals surface area contributed by atoms with Crippen molar-refractivity contribution in [3.63, 3.8) is 0 Å². The highest BCUT2D eigenvalue weighted by Crippen LogP contribution is 2.31. The molecule has 1 unspecified atom stereocenters. The number of hydrogen-bond acceptors (Lipinski definition) is 6. The molecule has 1 amide bonds. The number of nitrogens with one attached hydrogen (secondary N) is 1. The molecule has 140 valence electrons. The molecule has 1 N–H and O–H groups in total. The Labute approximate surface area is 152 Å². The second kappa shape index (κ2) is 7.19. The van der Waals surface area contributed by atoms with Crippen molar-refractivity contribution < 1.29 is 9.32 Å². The molecule has 0 aromatic carbocycles. The Morgan fingerprint density at radius 3 is 3.04 bits per heavy atom. The third-order valence-corrected chi connectivity index (χ3v) is 5.56. The third kappa shape index (κ3) is 3.51. The third-order valence-electron chi connectivity index (χ3n) is 5.56. The largest absolute Gasteiger partial charge is 0.342 e. The van der Waals surface area contributed by atoms with E-state index in [-0.39, 0.29) is 17.7 Å². The first-order chi connectivity index (χ1) is 12.6. The fourth-order valence-corrected chi connectivity index (χ4v) is 4.27. The number of carbonyl (C=O) groups is 1. The van der Waals surface area contributed by atoms with Crippen molar-refractivity contribution in [1.82, 2.24) is 30.1 Å². The number of rotatable bonds is 4. The zero-order chi connectivity index (χ0) is 18.1. The maximum absolute atomic E-state index is 13.2. The minimum atomic E-state index is -0.00892. The molecule has 0 aliphatic carbocycles. The van der Waals surface area contributed by atoms with E-state index in [2.05, 4.69) is 20.6 Å². The number of amides is 1. The lowest BCUT2D eigenvalue weighted by molar-refractivity contribution is -0.137. The summed E-state index contributed by atoms with van der Waals surface area (Å²) in [5.41, 5.74) is 1.15. The molecule has 2 saturated heterocycles. The van der Waals surface area contributed by atoms with E-state index in [1.54, 1.807) is 11.6 Å². The van der Waals surface area contributed by atoms with E-state index in [0.717, 1.165) is 56.8 Å². The number of aromatic nitrogens is 4. The summed E-state index contributed by atoms with van der Waals surface area (Å²) in [5.74, 6) is 2.20. The summed E-state index contributed by atoms with van der Waals surface area (Å²) in [6.45, 7) is 5.00. The summed E-state index contributed by atoms with van der Waals surface area (Å²) in [4.78, 5) is 19.6. The average molecular weight is 358 g/mol. The first-order valence-corrected chi connectivity index (χ1v) is 9.37. The molecule has 2 aliphatic heterocycles. The summed E-state index contributed by atoms with van der Waals surface area (Å²) in [6, 6.07) is 0. The lowest BCUT2D eigenvalue weighted by atomic mass is 9.88. The van der Waals surface area contributed by atoms with Gasteiger partial charge in [0.1, 0.15) is 0 Å².